The van der Waals surface area contributed by atoms with Gasteiger partial charge in [0.2, 0.25) is 0 Å². The summed E-state index contributed by atoms with van der Waals surface area (Å²) in [4.78, 5) is 32.5. The van der Waals surface area contributed by atoms with Crippen molar-refractivity contribution in [1.82, 2.24) is 10.6 Å². The third-order valence-electron chi connectivity index (χ3n) is 3.74. The molecule has 0 bridgehead atoms. The molecule has 0 aliphatic heterocycles. The van der Waals surface area contributed by atoms with Crippen LogP contribution in [0.3, 0.4) is 0 Å². The Hall–Kier alpha value is -2.07. The van der Waals surface area contributed by atoms with E-state index in [9.17, 15) is 14.4 Å². The number of alkyl carbamates (subject to hydrolysis) is 2. The average molecular weight is 585 g/mol. The van der Waals surface area contributed by atoms with Gasteiger partial charge in [0.05, 0.1) is 79.3 Å². The number of aliphatic hydroxyl groups is 1. The zero-order valence-electron chi connectivity index (χ0n) is 25.1. The van der Waals surface area contributed by atoms with E-state index in [1.807, 2.05) is 20.8 Å². The first-order chi connectivity index (χ1) is 18.9. The maximum Gasteiger partial charge on any atom is 0.407 e. The van der Waals surface area contributed by atoms with Crippen molar-refractivity contribution in [1.29, 1.82) is 0 Å². The predicted molar refractivity (Wildman–Crippen MR) is 147 cm³/mol. The molecule has 0 aromatic rings. The first kappa shape index (κ1) is 40.1. The van der Waals surface area contributed by atoms with E-state index >= 15 is 0 Å². The van der Waals surface area contributed by atoms with Crippen LogP contribution in [-0.4, -0.2) is 134 Å². The van der Waals surface area contributed by atoms with Crippen molar-refractivity contribution in [2.24, 2.45) is 0 Å². The summed E-state index contributed by atoms with van der Waals surface area (Å²) in [7, 11) is 0. The highest BCUT2D eigenvalue weighted by molar-refractivity contribution is 5.67. The molecule has 0 aromatic carbocycles. The van der Waals surface area contributed by atoms with E-state index in [0.717, 1.165) is 0 Å². The molecular formula is C26H52N2O12. The van der Waals surface area contributed by atoms with Crippen LogP contribution in [0, 0.1) is 0 Å². The molecule has 0 saturated carbocycles. The molecule has 0 fully saturated rings. The minimum Gasteiger partial charge on any atom is -0.444 e. The molecule has 0 unspecified atom stereocenters. The summed E-state index contributed by atoms with van der Waals surface area (Å²) in [5.74, 6) is 0. The maximum absolute atomic E-state index is 11.3. The van der Waals surface area contributed by atoms with Crippen molar-refractivity contribution < 1.29 is 57.4 Å². The van der Waals surface area contributed by atoms with E-state index in [4.69, 9.17) is 43.0 Å². The van der Waals surface area contributed by atoms with E-state index in [0.29, 0.717) is 92.1 Å². The van der Waals surface area contributed by atoms with Gasteiger partial charge in [-0.15, -0.1) is 0 Å². The minimum absolute atomic E-state index is 0.0216. The second kappa shape index (κ2) is 27.1. The van der Waals surface area contributed by atoms with Crippen LogP contribution in [0.1, 0.15) is 41.5 Å². The molecule has 0 rings (SSSR count). The van der Waals surface area contributed by atoms with Crippen molar-refractivity contribution in [3.05, 3.63) is 0 Å². The molecule has 0 aliphatic rings. The van der Waals surface area contributed by atoms with E-state index in [2.05, 4.69) is 10.6 Å². The van der Waals surface area contributed by atoms with Crippen LogP contribution < -0.4 is 10.6 Å². The lowest BCUT2D eigenvalue weighted by molar-refractivity contribution is -0.112. The third-order valence-corrected chi connectivity index (χ3v) is 3.74. The molecular weight excluding hydrogens is 532 g/mol. The van der Waals surface area contributed by atoms with Gasteiger partial charge in [-0.25, -0.2) is 9.59 Å². The van der Waals surface area contributed by atoms with Crippen molar-refractivity contribution in [3.8, 4) is 0 Å². The number of aldehydes is 1. The Morgan fingerprint density at radius 2 is 0.900 bits per heavy atom. The highest BCUT2D eigenvalue weighted by atomic mass is 16.6. The number of hydrogen-bond donors (Lipinski definition) is 3. The van der Waals surface area contributed by atoms with Gasteiger partial charge < -0.3 is 58.4 Å². The first-order valence-corrected chi connectivity index (χ1v) is 13.4. The van der Waals surface area contributed by atoms with E-state index in [-0.39, 0.29) is 13.2 Å². The highest BCUT2D eigenvalue weighted by Crippen LogP contribution is 2.06. The molecule has 14 nitrogen and oxygen atoms in total. The second-order valence-electron chi connectivity index (χ2n) is 9.88. The minimum atomic E-state index is -0.495. The molecule has 3 N–H and O–H groups in total. The van der Waals surface area contributed by atoms with Crippen LogP contribution in [0.2, 0.25) is 0 Å². The molecule has 0 saturated heterocycles. The molecule has 0 aliphatic carbocycles. The SMILES string of the molecule is CC(C)(C)OC(=O)NCCOCCOCCOCC=O.CC(C)(C)OC(=O)NCCOCCOCCOCCO. The number of ether oxygens (including phenoxy) is 8. The summed E-state index contributed by atoms with van der Waals surface area (Å²) in [6.45, 7) is 16.4. The lowest BCUT2D eigenvalue weighted by Crippen LogP contribution is -2.34. The standard InChI is InChI=1S/C13H27NO6.C13H25NO6/c2*1-13(2,3)20-12(16)14-4-6-17-8-10-19-11-9-18-7-5-15/h15H,4-11H2,1-3H3,(H,14,16);5H,4,6-11H2,1-3H3,(H,14,16). The van der Waals surface area contributed by atoms with Gasteiger partial charge in [0.1, 0.15) is 24.1 Å². The summed E-state index contributed by atoms with van der Waals surface area (Å²) in [6, 6.07) is 0. The van der Waals surface area contributed by atoms with Gasteiger partial charge in [-0.1, -0.05) is 0 Å². The van der Waals surface area contributed by atoms with Gasteiger partial charge >= 0.3 is 12.2 Å². The van der Waals surface area contributed by atoms with Gasteiger partial charge in [-0.3, -0.25) is 0 Å². The third kappa shape index (κ3) is 38.1. The van der Waals surface area contributed by atoms with Crippen LogP contribution in [-0.2, 0) is 42.7 Å². The van der Waals surface area contributed by atoms with Gasteiger partial charge in [0.25, 0.3) is 0 Å². The summed E-state index contributed by atoms with van der Waals surface area (Å²) in [5.41, 5.74) is -0.985. The summed E-state index contributed by atoms with van der Waals surface area (Å²) in [5, 5.41) is 13.6. The fraction of sp³-hybridized carbons (Fsp3) is 0.885. The first-order valence-electron chi connectivity index (χ1n) is 13.4. The second-order valence-corrected chi connectivity index (χ2v) is 9.88. The van der Waals surface area contributed by atoms with Crippen molar-refractivity contribution in [2.45, 2.75) is 52.7 Å². The fourth-order valence-corrected chi connectivity index (χ4v) is 2.26. The van der Waals surface area contributed by atoms with E-state index < -0.39 is 23.4 Å². The summed E-state index contributed by atoms with van der Waals surface area (Å²) >= 11 is 0. The topological polar surface area (TPSA) is 169 Å². The molecule has 40 heavy (non-hydrogen) atoms. The number of amides is 2. The van der Waals surface area contributed by atoms with E-state index in [1.165, 1.54) is 0 Å². The normalized spacial score (nSPS) is 11.3. The Kier molecular flexibility index (Phi) is 27.2. The smallest absolute Gasteiger partial charge is 0.407 e. The van der Waals surface area contributed by atoms with Crippen molar-refractivity contribution in [2.75, 3.05) is 99.0 Å². The lowest BCUT2D eigenvalue weighted by atomic mass is 10.2. The largest absolute Gasteiger partial charge is 0.444 e. The lowest BCUT2D eigenvalue weighted by Gasteiger charge is -2.19. The van der Waals surface area contributed by atoms with Gasteiger partial charge in [0.15, 0.2) is 0 Å². The molecule has 0 radical (unpaired) electrons. The molecule has 0 atom stereocenters. The predicted octanol–water partition coefficient (Wildman–Crippen LogP) is 1.31. The van der Waals surface area contributed by atoms with Crippen LogP contribution in [0.25, 0.3) is 0 Å². The van der Waals surface area contributed by atoms with Crippen LogP contribution in [0.5, 0.6) is 0 Å². The van der Waals surface area contributed by atoms with Crippen LogP contribution >= 0.6 is 0 Å². The summed E-state index contributed by atoms with van der Waals surface area (Å²) in [6.07, 6.45) is -0.205. The number of nitrogens with one attached hydrogen (secondary N) is 2. The quantitative estimate of drug-likeness (QED) is 0.123. The van der Waals surface area contributed by atoms with Crippen LogP contribution in [0.4, 0.5) is 9.59 Å². The zero-order valence-corrected chi connectivity index (χ0v) is 25.1. The average Bonchev–Trinajstić information content (AvgIpc) is 2.84. The fourth-order valence-electron chi connectivity index (χ4n) is 2.26. The van der Waals surface area contributed by atoms with Gasteiger partial charge in [-0.05, 0) is 41.5 Å². The number of carbonyl (C=O) groups is 3. The Labute approximate surface area is 238 Å². The number of rotatable bonds is 22. The number of hydrogen-bond acceptors (Lipinski definition) is 12. The summed E-state index contributed by atoms with van der Waals surface area (Å²) < 4.78 is 41.0. The van der Waals surface area contributed by atoms with Crippen molar-refractivity contribution in [3.63, 3.8) is 0 Å². The number of carbonyl (C=O) groups excluding carboxylic acids is 3. The van der Waals surface area contributed by atoms with E-state index in [1.54, 1.807) is 20.8 Å². The zero-order chi connectivity index (χ0) is 30.5. The van der Waals surface area contributed by atoms with Gasteiger partial charge in [-0.2, -0.15) is 0 Å². The Morgan fingerprint density at radius 3 is 1.23 bits per heavy atom. The van der Waals surface area contributed by atoms with Crippen LogP contribution in [0.15, 0.2) is 0 Å². The Morgan fingerprint density at radius 1 is 0.575 bits per heavy atom. The molecule has 0 aromatic heterocycles. The monoisotopic (exact) mass is 584 g/mol. The molecule has 238 valence electrons. The number of aliphatic hydroxyl groups excluding tert-OH is 1. The molecule has 2 amide bonds. The maximum atomic E-state index is 11.3. The van der Waals surface area contributed by atoms with Gasteiger partial charge in [0, 0.05) is 13.1 Å². The van der Waals surface area contributed by atoms with Crippen molar-refractivity contribution >= 4 is 18.5 Å². The highest BCUT2D eigenvalue weighted by Gasteiger charge is 2.16. The molecule has 0 heterocycles. The molecule has 14 heteroatoms. The Bertz CT molecular complexity index is 609. The molecule has 0 spiro atoms. The Balaban J connectivity index is 0.